The molecule has 66 valence electrons. The summed E-state index contributed by atoms with van der Waals surface area (Å²) in [4.78, 5) is 2.43. The van der Waals surface area contributed by atoms with Crippen LogP contribution in [0.4, 0.5) is 0 Å². The average Bonchev–Trinajstić information content (AvgIpc) is 2.01. The number of hydrogen-bond donors (Lipinski definition) is 1. The van der Waals surface area contributed by atoms with E-state index >= 15 is 0 Å². The van der Waals surface area contributed by atoms with Gasteiger partial charge in [-0.25, -0.2) is 0 Å². The molecule has 0 spiro atoms. The van der Waals surface area contributed by atoms with Crippen molar-refractivity contribution < 1.29 is 0 Å². The molecular weight excluding hydrogens is 136 g/mol. The largest absolute Gasteiger partial charge is 0.330 e. The van der Waals surface area contributed by atoms with Crippen LogP contribution in [0.25, 0.3) is 0 Å². The highest BCUT2D eigenvalue weighted by molar-refractivity contribution is 4.82. The molecule has 3 unspecified atom stereocenters. The molecule has 1 heterocycles. The lowest BCUT2D eigenvalue weighted by atomic mass is 9.82. The van der Waals surface area contributed by atoms with Gasteiger partial charge in [-0.05, 0) is 45.3 Å². The van der Waals surface area contributed by atoms with E-state index in [1.807, 2.05) is 0 Å². The van der Waals surface area contributed by atoms with Crippen molar-refractivity contribution in [1.29, 1.82) is 0 Å². The molecule has 0 aliphatic carbocycles. The van der Waals surface area contributed by atoms with E-state index in [2.05, 4.69) is 25.8 Å². The molecule has 2 N–H and O–H groups in total. The monoisotopic (exact) mass is 156 g/mol. The van der Waals surface area contributed by atoms with E-state index in [0.717, 1.165) is 18.4 Å². The minimum atomic E-state index is 0.706. The van der Waals surface area contributed by atoms with Crippen LogP contribution in [0.2, 0.25) is 0 Å². The van der Waals surface area contributed by atoms with Gasteiger partial charge in [-0.2, -0.15) is 0 Å². The Morgan fingerprint density at radius 3 is 2.64 bits per heavy atom. The predicted octanol–water partition coefficient (Wildman–Crippen LogP) is 0.921. The van der Waals surface area contributed by atoms with Crippen LogP contribution in [0.5, 0.6) is 0 Å². The van der Waals surface area contributed by atoms with Crippen LogP contribution >= 0.6 is 0 Å². The summed E-state index contributed by atoms with van der Waals surface area (Å²) in [7, 11) is 2.20. The number of piperidine rings is 1. The average molecular weight is 156 g/mol. The third-order valence-corrected chi connectivity index (χ3v) is 3.36. The SMILES string of the molecule is CC1C(CN)CCN(C)C1C. The first kappa shape index (κ1) is 9.01. The van der Waals surface area contributed by atoms with E-state index in [1.54, 1.807) is 0 Å². The van der Waals surface area contributed by atoms with Crippen LogP contribution in [0.15, 0.2) is 0 Å². The van der Waals surface area contributed by atoms with E-state index in [4.69, 9.17) is 5.73 Å². The molecule has 0 saturated carbocycles. The smallest absolute Gasteiger partial charge is 0.00926 e. The molecule has 2 heteroatoms. The second-order valence-corrected chi connectivity index (χ2v) is 3.86. The molecule has 2 nitrogen and oxygen atoms in total. The van der Waals surface area contributed by atoms with Crippen molar-refractivity contribution in [2.24, 2.45) is 17.6 Å². The molecule has 0 bridgehead atoms. The summed E-state index contributed by atoms with van der Waals surface area (Å²) in [5.41, 5.74) is 5.68. The number of likely N-dealkylation sites (tertiary alicyclic amines) is 1. The third-order valence-electron chi connectivity index (χ3n) is 3.36. The molecule has 1 fully saturated rings. The number of rotatable bonds is 1. The maximum atomic E-state index is 5.68. The normalized spacial score (nSPS) is 40.9. The van der Waals surface area contributed by atoms with Crippen LogP contribution in [-0.2, 0) is 0 Å². The number of hydrogen-bond acceptors (Lipinski definition) is 2. The molecule has 0 aromatic rings. The van der Waals surface area contributed by atoms with Gasteiger partial charge in [0.25, 0.3) is 0 Å². The molecule has 1 saturated heterocycles. The van der Waals surface area contributed by atoms with Crippen molar-refractivity contribution in [3.8, 4) is 0 Å². The molecule has 3 atom stereocenters. The van der Waals surface area contributed by atoms with Crippen LogP contribution in [0.1, 0.15) is 20.3 Å². The van der Waals surface area contributed by atoms with Gasteiger partial charge in [-0.1, -0.05) is 6.92 Å². The van der Waals surface area contributed by atoms with E-state index in [9.17, 15) is 0 Å². The van der Waals surface area contributed by atoms with Gasteiger partial charge in [0.05, 0.1) is 0 Å². The van der Waals surface area contributed by atoms with E-state index < -0.39 is 0 Å². The van der Waals surface area contributed by atoms with Crippen molar-refractivity contribution in [3.63, 3.8) is 0 Å². The molecule has 1 aliphatic heterocycles. The zero-order chi connectivity index (χ0) is 8.43. The van der Waals surface area contributed by atoms with Crippen molar-refractivity contribution >= 4 is 0 Å². The fraction of sp³-hybridized carbons (Fsp3) is 1.00. The Balaban J connectivity index is 2.52. The molecule has 1 rings (SSSR count). The first-order chi connectivity index (χ1) is 5.16. The van der Waals surface area contributed by atoms with Crippen molar-refractivity contribution in [1.82, 2.24) is 4.90 Å². The Hall–Kier alpha value is -0.0800. The van der Waals surface area contributed by atoms with Gasteiger partial charge in [0.1, 0.15) is 0 Å². The fourth-order valence-electron chi connectivity index (χ4n) is 1.96. The van der Waals surface area contributed by atoms with Gasteiger partial charge in [-0.3, -0.25) is 0 Å². The zero-order valence-electron chi connectivity index (χ0n) is 7.88. The minimum Gasteiger partial charge on any atom is -0.330 e. The highest BCUT2D eigenvalue weighted by Crippen LogP contribution is 2.26. The number of nitrogens with zero attached hydrogens (tertiary/aromatic N) is 1. The van der Waals surface area contributed by atoms with Gasteiger partial charge in [0.15, 0.2) is 0 Å². The Morgan fingerprint density at radius 1 is 1.45 bits per heavy atom. The highest BCUT2D eigenvalue weighted by Gasteiger charge is 2.28. The molecular formula is C9H20N2. The van der Waals surface area contributed by atoms with E-state index in [0.29, 0.717) is 6.04 Å². The van der Waals surface area contributed by atoms with Gasteiger partial charge in [0, 0.05) is 6.04 Å². The molecule has 11 heavy (non-hydrogen) atoms. The van der Waals surface area contributed by atoms with Crippen molar-refractivity contribution in [2.45, 2.75) is 26.3 Å². The molecule has 0 aromatic heterocycles. The summed E-state index contributed by atoms with van der Waals surface area (Å²) in [6.07, 6.45) is 1.28. The first-order valence-electron chi connectivity index (χ1n) is 4.57. The summed E-state index contributed by atoms with van der Waals surface area (Å²) in [6.45, 7) is 6.69. The van der Waals surface area contributed by atoms with E-state index in [1.165, 1.54) is 13.0 Å². The second kappa shape index (κ2) is 3.55. The fourth-order valence-corrected chi connectivity index (χ4v) is 1.96. The van der Waals surface area contributed by atoms with Crippen LogP contribution in [0.3, 0.4) is 0 Å². The standard InChI is InChI=1S/C9H20N2/c1-7-8(2)11(3)5-4-9(7)6-10/h7-9H,4-6,10H2,1-3H3. The van der Waals surface area contributed by atoms with Gasteiger partial charge in [-0.15, -0.1) is 0 Å². The quantitative estimate of drug-likeness (QED) is 0.612. The van der Waals surface area contributed by atoms with E-state index in [-0.39, 0.29) is 0 Å². The van der Waals surface area contributed by atoms with Crippen LogP contribution < -0.4 is 5.73 Å². The van der Waals surface area contributed by atoms with Crippen molar-refractivity contribution in [2.75, 3.05) is 20.1 Å². The lowest BCUT2D eigenvalue weighted by Crippen LogP contribution is -2.46. The summed E-state index contributed by atoms with van der Waals surface area (Å²) in [5.74, 6) is 1.51. The van der Waals surface area contributed by atoms with Crippen LogP contribution in [0, 0.1) is 11.8 Å². The third kappa shape index (κ3) is 1.74. The van der Waals surface area contributed by atoms with Gasteiger partial charge >= 0.3 is 0 Å². The highest BCUT2D eigenvalue weighted by atomic mass is 15.1. The molecule has 1 aliphatic rings. The minimum absolute atomic E-state index is 0.706. The maximum Gasteiger partial charge on any atom is 0.00926 e. The van der Waals surface area contributed by atoms with Crippen molar-refractivity contribution in [3.05, 3.63) is 0 Å². The lowest BCUT2D eigenvalue weighted by Gasteiger charge is -2.40. The predicted molar refractivity (Wildman–Crippen MR) is 48.4 cm³/mol. The van der Waals surface area contributed by atoms with Gasteiger partial charge < -0.3 is 10.6 Å². The number of nitrogens with two attached hydrogens (primary N) is 1. The Bertz CT molecular complexity index is 123. The second-order valence-electron chi connectivity index (χ2n) is 3.86. The molecule has 0 radical (unpaired) electrons. The Kier molecular flexibility index (Phi) is 2.90. The molecule has 0 amide bonds. The first-order valence-corrected chi connectivity index (χ1v) is 4.57. The maximum absolute atomic E-state index is 5.68. The summed E-state index contributed by atoms with van der Waals surface area (Å²) < 4.78 is 0. The Morgan fingerprint density at radius 2 is 2.09 bits per heavy atom. The zero-order valence-corrected chi connectivity index (χ0v) is 7.88. The van der Waals surface area contributed by atoms with Gasteiger partial charge in [0.2, 0.25) is 0 Å². The summed E-state index contributed by atoms with van der Waals surface area (Å²) in [6, 6.07) is 0.706. The molecule has 0 aromatic carbocycles. The Labute approximate surface area is 69.8 Å². The topological polar surface area (TPSA) is 29.3 Å². The van der Waals surface area contributed by atoms with Crippen LogP contribution in [-0.4, -0.2) is 31.1 Å². The summed E-state index contributed by atoms with van der Waals surface area (Å²) in [5, 5.41) is 0. The lowest BCUT2D eigenvalue weighted by molar-refractivity contribution is 0.0950. The summed E-state index contributed by atoms with van der Waals surface area (Å²) >= 11 is 0.